The number of tetrazole rings is 1. The normalized spacial score (nSPS) is 13.5. The van der Waals surface area contributed by atoms with Gasteiger partial charge in [-0.15, -0.1) is 5.10 Å². The molecule has 1 N–H and O–H groups in total. The zero-order valence-electron chi connectivity index (χ0n) is 16.3. The molecule has 2 atom stereocenters. The molecule has 148 valence electrons. The first-order valence-corrected chi connectivity index (χ1v) is 9.92. The Labute approximate surface area is 174 Å². The number of aromatic nitrogens is 6. The Morgan fingerprint density at radius 1 is 1.14 bits per heavy atom. The van der Waals surface area contributed by atoms with Crippen molar-refractivity contribution in [3.63, 3.8) is 0 Å². The molecule has 3 aromatic rings. The number of hydrogen-bond donors (Lipinski definition) is 1. The summed E-state index contributed by atoms with van der Waals surface area (Å²) >= 11 is 12.5. The monoisotopic (exact) mass is 419 g/mol. The van der Waals surface area contributed by atoms with Crippen molar-refractivity contribution in [1.29, 1.82) is 0 Å². The molecule has 3 rings (SSSR count). The summed E-state index contributed by atoms with van der Waals surface area (Å²) in [4.78, 5) is 0. The average Bonchev–Trinajstić information content (AvgIpc) is 3.16. The standard InChI is InChI=1S/C19H23Cl2N7/c1-5-12(3)28-19(25-26-27-28)18(15-9-11(2)23-24-13(15)4)22-10-14-7-6-8-16(20)17(14)21/h6-9,12,18,22H,5,10H2,1-4H3. The van der Waals surface area contributed by atoms with Crippen LogP contribution in [0.3, 0.4) is 0 Å². The fourth-order valence-corrected chi connectivity index (χ4v) is 3.36. The lowest BCUT2D eigenvalue weighted by Gasteiger charge is -2.22. The molecule has 0 amide bonds. The average molecular weight is 420 g/mol. The zero-order valence-corrected chi connectivity index (χ0v) is 17.8. The molecule has 9 heteroatoms. The van der Waals surface area contributed by atoms with Gasteiger partial charge >= 0.3 is 0 Å². The molecule has 0 aliphatic rings. The summed E-state index contributed by atoms with van der Waals surface area (Å²) in [5, 5.41) is 25.5. The van der Waals surface area contributed by atoms with Gasteiger partial charge in [0.05, 0.1) is 33.5 Å². The Bertz CT molecular complexity index is 957. The van der Waals surface area contributed by atoms with Gasteiger partial charge < -0.3 is 0 Å². The van der Waals surface area contributed by atoms with Crippen molar-refractivity contribution in [1.82, 2.24) is 35.7 Å². The molecule has 2 heterocycles. The second-order valence-corrected chi connectivity index (χ2v) is 7.58. The fourth-order valence-electron chi connectivity index (χ4n) is 2.98. The zero-order chi connectivity index (χ0) is 20.3. The van der Waals surface area contributed by atoms with Gasteiger partial charge in [-0.25, -0.2) is 4.68 Å². The van der Waals surface area contributed by atoms with Crippen LogP contribution in [0.25, 0.3) is 0 Å². The number of aryl methyl sites for hydroxylation is 2. The predicted octanol–water partition coefficient (Wildman–Crippen LogP) is 4.24. The molecule has 2 aromatic heterocycles. The first-order valence-electron chi connectivity index (χ1n) is 9.17. The van der Waals surface area contributed by atoms with Crippen molar-refractivity contribution in [3.05, 3.63) is 62.6 Å². The largest absolute Gasteiger partial charge is 0.299 e. The number of rotatable bonds is 7. The van der Waals surface area contributed by atoms with Crippen molar-refractivity contribution < 1.29 is 0 Å². The van der Waals surface area contributed by atoms with E-state index in [1.165, 1.54) is 0 Å². The van der Waals surface area contributed by atoms with Crippen LogP contribution < -0.4 is 5.32 Å². The maximum atomic E-state index is 6.37. The Morgan fingerprint density at radius 2 is 1.93 bits per heavy atom. The number of nitrogens with one attached hydrogen (secondary N) is 1. The van der Waals surface area contributed by atoms with Crippen molar-refractivity contribution in [3.8, 4) is 0 Å². The molecule has 2 unspecified atom stereocenters. The minimum Gasteiger partial charge on any atom is -0.299 e. The molecular weight excluding hydrogens is 397 g/mol. The van der Waals surface area contributed by atoms with Crippen LogP contribution in [0, 0.1) is 13.8 Å². The van der Waals surface area contributed by atoms with E-state index in [9.17, 15) is 0 Å². The molecule has 0 aliphatic heterocycles. The molecule has 0 radical (unpaired) electrons. The third-order valence-corrected chi connectivity index (χ3v) is 5.62. The highest BCUT2D eigenvalue weighted by Gasteiger charge is 2.25. The maximum absolute atomic E-state index is 6.37. The fraction of sp³-hybridized carbons (Fsp3) is 0.421. The van der Waals surface area contributed by atoms with Gasteiger partial charge in [-0.1, -0.05) is 42.3 Å². The van der Waals surface area contributed by atoms with Gasteiger partial charge in [0, 0.05) is 12.1 Å². The maximum Gasteiger partial charge on any atom is 0.173 e. The summed E-state index contributed by atoms with van der Waals surface area (Å²) in [6.07, 6.45) is 0.914. The Kier molecular flexibility index (Phi) is 6.59. The summed E-state index contributed by atoms with van der Waals surface area (Å²) in [5.74, 6) is 0.725. The SMILES string of the molecule is CCC(C)n1nnnc1C(NCc1cccc(Cl)c1Cl)c1cc(C)nnc1C. The smallest absolute Gasteiger partial charge is 0.173 e. The van der Waals surface area contributed by atoms with Crippen molar-refractivity contribution in [2.75, 3.05) is 0 Å². The molecule has 0 saturated heterocycles. The van der Waals surface area contributed by atoms with E-state index in [2.05, 4.69) is 44.9 Å². The number of hydrogen-bond acceptors (Lipinski definition) is 6. The van der Waals surface area contributed by atoms with Gasteiger partial charge in [0.15, 0.2) is 5.82 Å². The second kappa shape index (κ2) is 8.94. The van der Waals surface area contributed by atoms with E-state index in [4.69, 9.17) is 23.2 Å². The van der Waals surface area contributed by atoms with E-state index in [0.29, 0.717) is 16.6 Å². The molecule has 0 saturated carbocycles. The molecule has 28 heavy (non-hydrogen) atoms. The van der Waals surface area contributed by atoms with Crippen LogP contribution >= 0.6 is 23.2 Å². The highest BCUT2D eigenvalue weighted by atomic mass is 35.5. The van der Waals surface area contributed by atoms with E-state index in [1.807, 2.05) is 36.7 Å². The van der Waals surface area contributed by atoms with E-state index >= 15 is 0 Å². The number of nitrogens with zero attached hydrogens (tertiary/aromatic N) is 6. The van der Waals surface area contributed by atoms with Crippen LogP contribution in [-0.2, 0) is 6.54 Å². The third kappa shape index (κ3) is 4.32. The van der Waals surface area contributed by atoms with Crippen LogP contribution in [-0.4, -0.2) is 30.4 Å². The predicted molar refractivity (Wildman–Crippen MR) is 109 cm³/mol. The van der Waals surface area contributed by atoms with Crippen molar-refractivity contribution in [2.24, 2.45) is 0 Å². The highest BCUT2D eigenvalue weighted by molar-refractivity contribution is 6.42. The molecule has 7 nitrogen and oxygen atoms in total. The van der Waals surface area contributed by atoms with Gasteiger partial charge in [-0.2, -0.15) is 10.2 Å². The molecule has 1 aromatic carbocycles. The van der Waals surface area contributed by atoms with E-state index in [1.54, 1.807) is 6.07 Å². The minimum absolute atomic E-state index is 0.167. The Balaban J connectivity index is 2.01. The molecule has 0 fully saturated rings. The number of halogens is 2. The number of benzene rings is 1. The topological polar surface area (TPSA) is 81.4 Å². The first-order chi connectivity index (χ1) is 13.4. The molecular formula is C19H23Cl2N7. The summed E-state index contributed by atoms with van der Waals surface area (Å²) < 4.78 is 1.85. The van der Waals surface area contributed by atoms with Crippen LogP contribution in [0.5, 0.6) is 0 Å². The first kappa shape index (κ1) is 20.6. The van der Waals surface area contributed by atoms with E-state index in [-0.39, 0.29) is 12.1 Å². The molecule has 0 spiro atoms. The lowest BCUT2D eigenvalue weighted by molar-refractivity contribution is 0.424. The summed E-state index contributed by atoms with van der Waals surface area (Å²) in [6, 6.07) is 7.50. The summed E-state index contributed by atoms with van der Waals surface area (Å²) in [7, 11) is 0. The van der Waals surface area contributed by atoms with Gasteiger partial charge in [0.25, 0.3) is 0 Å². The second-order valence-electron chi connectivity index (χ2n) is 6.79. The molecule has 0 aliphatic carbocycles. The van der Waals surface area contributed by atoms with Gasteiger partial charge in [0.2, 0.25) is 0 Å². The highest BCUT2D eigenvalue weighted by Crippen LogP contribution is 2.28. The quantitative estimate of drug-likeness (QED) is 0.616. The lowest BCUT2D eigenvalue weighted by Crippen LogP contribution is -2.28. The van der Waals surface area contributed by atoms with E-state index < -0.39 is 0 Å². The van der Waals surface area contributed by atoms with Gasteiger partial charge in [0.1, 0.15) is 0 Å². The minimum atomic E-state index is -0.270. The molecule has 0 bridgehead atoms. The summed E-state index contributed by atoms with van der Waals surface area (Å²) in [5.41, 5.74) is 3.53. The van der Waals surface area contributed by atoms with E-state index in [0.717, 1.165) is 34.8 Å². The summed E-state index contributed by atoms with van der Waals surface area (Å²) in [6.45, 7) is 8.54. The van der Waals surface area contributed by atoms with Crippen LogP contribution in [0.2, 0.25) is 10.0 Å². The lowest BCUT2D eigenvalue weighted by atomic mass is 10.0. The van der Waals surface area contributed by atoms with Crippen molar-refractivity contribution in [2.45, 2.75) is 52.7 Å². The Hall–Kier alpha value is -2.09. The van der Waals surface area contributed by atoms with Crippen LogP contribution in [0.4, 0.5) is 0 Å². The van der Waals surface area contributed by atoms with Gasteiger partial charge in [-0.05, 0) is 55.3 Å². The van der Waals surface area contributed by atoms with Crippen LogP contribution in [0.1, 0.15) is 60.7 Å². The van der Waals surface area contributed by atoms with Gasteiger partial charge in [-0.3, -0.25) is 5.32 Å². The third-order valence-electron chi connectivity index (χ3n) is 4.76. The Morgan fingerprint density at radius 3 is 2.68 bits per heavy atom. The van der Waals surface area contributed by atoms with Crippen LogP contribution in [0.15, 0.2) is 24.3 Å². The van der Waals surface area contributed by atoms with Crippen molar-refractivity contribution >= 4 is 23.2 Å².